The van der Waals surface area contributed by atoms with Crippen LogP contribution in [-0.2, 0) is 19.2 Å². The molecular weight excluding hydrogens is 408 g/mol. The van der Waals surface area contributed by atoms with Gasteiger partial charge in [-0.1, -0.05) is 0 Å². The molecule has 2 atom stereocenters. The van der Waals surface area contributed by atoms with Gasteiger partial charge in [-0.05, 0) is 77.0 Å². The van der Waals surface area contributed by atoms with E-state index in [1.54, 1.807) is 0 Å². The summed E-state index contributed by atoms with van der Waals surface area (Å²) in [5, 5.41) is 12.8. The van der Waals surface area contributed by atoms with Gasteiger partial charge in [-0.25, -0.2) is 0 Å². The molecule has 4 N–H and O–H groups in total. The van der Waals surface area contributed by atoms with Crippen LogP contribution in [0.2, 0.25) is 0 Å². The lowest BCUT2D eigenvalue weighted by molar-refractivity contribution is -0.135. The van der Waals surface area contributed by atoms with Crippen molar-refractivity contribution in [3.05, 3.63) is 0 Å². The van der Waals surface area contributed by atoms with Gasteiger partial charge in [0.1, 0.15) is 0 Å². The predicted molar refractivity (Wildman–Crippen MR) is 117 cm³/mol. The molecule has 3 aliphatic carbocycles. The smallest absolute Gasteiger partial charge is 0.223 e. The van der Waals surface area contributed by atoms with Crippen molar-refractivity contribution in [1.29, 1.82) is 0 Å². The summed E-state index contributed by atoms with van der Waals surface area (Å²) in [6.45, 7) is 0. The van der Waals surface area contributed by atoms with Gasteiger partial charge in [-0.3, -0.25) is 19.2 Å². The molecule has 3 saturated carbocycles. The van der Waals surface area contributed by atoms with Crippen LogP contribution in [-0.4, -0.2) is 46.8 Å². The monoisotopic (exact) mass is 444 g/mol. The van der Waals surface area contributed by atoms with E-state index in [1.807, 2.05) is 0 Å². The van der Waals surface area contributed by atoms with Gasteiger partial charge in [-0.2, -0.15) is 0 Å². The molecule has 5 rings (SSSR count). The number of amides is 4. The normalized spacial score (nSPS) is 35.1. The predicted octanol–water partition coefficient (Wildman–Crippen LogP) is 1.43. The van der Waals surface area contributed by atoms with Crippen molar-refractivity contribution in [3.8, 4) is 0 Å². The van der Waals surface area contributed by atoms with E-state index in [0.717, 1.165) is 77.0 Å². The molecule has 0 aromatic heterocycles. The van der Waals surface area contributed by atoms with Crippen LogP contribution in [0.3, 0.4) is 0 Å². The molecule has 176 valence electrons. The lowest BCUT2D eigenvalue weighted by atomic mass is 9.68. The molecule has 2 heterocycles. The maximum atomic E-state index is 13.0. The Labute approximate surface area is 189 Å². The van der Waals surface area contributed by atoms with Crippen LogP contribution >= 0.6 is 0 Å². The summed E-state index contributed by atoms with van der Waals surface area (Å²) in [6, 6.07) is 0.0605. The standard InChI is InChI=1S/C24H36N4O4/c29-19-9-7-17(23(27-19)11-1-12-23)25-21(31)15-3-5-16(6-4-15)22(32)26-18-8-10-20(30)28-24(18)13-2-14-24/h15-18H,1-14H2,(H,25,31)(H,26,32)(H,27,29)(H,28,30). The van der Waals surface area contributed by atoms with Gasteiger partial charge in [0.25, 0.3) is 0 Å². The first-order chi connectivity index (χ1) is 15.4. The fourth-order valence-corrected chi connectivity index (χ4v) is 6.64. The molecule has 2 saturated heterocycles. The van der Waals surface area contributed by atoms with E-state index in [9.17, 15) is 19.2 Å². The summed E-state index contributed by atoms with van der Waals surface area (Å²) in [5.41, 5.74) is -0.454. The molecular formula is C24H36N4O4. The lowest BCUT2D eigenvalue weighted by Gasteiger charge is -2.51. The van der Waals surface area contributed by atoms with Crippen molar-refractivity contribution in [2.45, 2.75) is 113 Å². The fraction of sp³-hybridized carbons (Fsp3) is 0.833. The third-order valence-electron chi connectivity index (χ3n) is 9.02. The highest BCUT2D eigenvalue weighted by molar-refractivity contribution is 5.83. The van der Waals surface area contributed by atoms with Crippen LogP contribution in [0.4, 0.5) is 0 Å². The Hall–Kier alpha value is -2.12. The van der Waals surface area contributed by atoms with Crippen LogP contribution in [0.5, 0.6) is 0 Å². The lowest BCUT2D eigenvalue weighted by Crippen LogP contribution is -2.69. The highest BCUT2D eigenvalue weighted by atomic mass is 16.2. The first-order valence-electron chi connectivity index (χ1n) is 12.6. The molecule has 2 aliphatic heterocycles. The molecule has 4 amide bonds. The summed E-state index contributed by atoms with van der Waals surface area (Å²) >= 11 is 0. The Balaban J connectivity index is 1.11. The van der Waals surface area contributed by atoms with E-state index < -0.39 is 0 Å². The maximum absolute atomic E-state index is 13.0. The van der Waals surface area contributed by atoms with E-state index in [-0.39, 0.29) is 58.6 Å². The first-order valence-corrected chi connectivity index (χ1v) is 12.6. The number of nitrogens with one attached hydrogen (secondary N) is 4. The molecule has 8 nitrogen and oxygen atoms in total. The molecule has 2 spiro atoms. The molecule has 2 unspecified atom stereocenters. The van der Waals surface area contributed by atoms with E-state index >= 15 is 0 Å². The zero-order valence-electron chi connectivity index (χ0n) is 18.8. The molecule has 0 bridgehead atoms. The Bertz CT molecular complexity index is 730. The number of carbonyl (C=O) groups is 4. The van der Waals surface area contributed by atoms with Crippen LogP contribution in [0.1, 0.15) is 89.9 Å². The Morgan fingerprint density at radius 2 is 1.03 bits per heavy atom. The SMILES string of the molecule is O=C1CCC(NC(=O)C2CCC(C(=O)NC3CCC(=O)NC34CCC4)CC2)C2(CCC2)N1. The number of hydrogen-bond donors (Lipinski definition) is 4. The van der Waals surface area contributed by atoms with Crippen LogP contribution < -0.4 is 21.3 Å². The van der Waals surface area contributed by atoms with Crippen molar-refractivity contribution < 1.29 is 19.2 Å². The highest BCUT2D eigenvalue weighted by Gasteiger charge is 2.50. The van der Waals surface area contributed by atoms with Gasteiger partial charge in [0, 0.05) is 24.7 Å². The fourth-order valence-electron chi connectivity index (χ4n) is 6.64. The number of piperidine rings is 2. The quantitative estimate of drug-likeness (QED) is 0.525. The van der Waals surface area contributed by atoms with Crippen molar-refractivity contribution in [2.75, 3.05) is 0 Å². The Morgan fingerprint density at radius 1 is 0.656 bits per heavy atom. The average molecular weight is 445 g/mol. The largest absolute Gasteiger partial charge is 0.351 e. The zero-order chi connectivity index (χ0) is 22.3. The van der Waals surface area contributed by atoms with E-state index in [1.165, 1.54) is 0 Å². The topological polar surface area (TPSA) is 116 Å². The Kier molecular flexibility index (Phi) is 5.66. The van der Waals surface area contributed by atoms with E-state index in [4.69, 9.17) is 0 Å². The van der Waals surface area contributed by atoms with Crippen LogP contribution in [0.25, 0.3) is 0 Å². The summed E-state index contributed by atoms with van der Waals surface area (Å²) < 4.78 is 0. The first kappa shape index (κ1) is 21.7. The zero-order valence-corrected chi connectivity index (χ0v) is 18.8. The third kappa shape index (κ3) is 3.90. The molecule has 0 aromatic rings. The second-order valence-electron chi connectivity index (χ2n) is 10.9. The molecule has 8 heteroatoms. The summed E-state index contributed by atoms with van der Waals surface area (Å²) in [6.07, 6.45) is 11.3. The second-order valence-corrected chi connectivity index (χ2v) is 10.9. The van der Waals surface area contributed by atoms with Crippen molar-refractivity contribution in [1.82, 2.24) is 21.3 Å². The van der Waals surface area contributed by atoms with Gasteiger partial charge in [0.15, 0.2) is 0 Å². The molecule has 0 radical (unpaired) electrons. The molecule has 0 aromatic carbocycles. The summed E-state index contributed by atoms with van der Waals surface area (Å²) in [5.74, 6) is 0.256. The van der Waals surface area contributed by atoms with Crippen LogP contribution in [0.15, 0.2) is 0 Å². The van der Waals surface area contributed by atoms with E-state index in [0.29, 0.717) is 12.8 Å². The number of carbonyl (C=O) groups excluding carboxylic acids is 4. The maximum Gasteiger partial charge on any atom is 0.223 e. The minimum absolute atomic E-state index is 0.0302. The van der Waals surface area contributed by atoms with Crippen molar-refractivity contribution in [3.63, 3.8) is 0 Å². The Morgan fingerprint density at radius 3 is 1.34 bits per heavy atom. The van der Waals surface area contributed by atoms with E-state index in [2.05, 4.69) is 21.3 Å². The van der Waals surface area contributed by atoms with Crippen molar-refractivity contribution in [2.24, 2.45) is 11.8 Å². The van der Waals surface area contributed by atoms with Gasteiger partial charge in [0.2, 0.25) is 23.6 Å². The third-order valence-corrected chi connectivity index (χ3v) is 9.02. The number of rotatable bonds is 4. The minimum atomic E-state index is -0.227. The summed E-state index contributed by atoms with van der Waals surface area (Å²) in [7, 11) is 0. The van der Waals surface area contributed by atoms with Gasteiger partial charge in [0.05, 0.1) is 23.2 Å². The van der Waals surface area contributed by atoms with Crippen LogP contribution in [0, 0.1) is 11.8 Å². The van der Waals surface area contributed by atoms with Crippen molar-refractivity contribution >= 4 is 23.6 Å². The molecule has 5 aliphatic rings. The average Bonchev–Trinajstić information content (AvgIpc) is 2.74. The molecule has 32 heavy (non-hydrogen) atoms. The highest BCUT2D eigenvalue weighted by Crippen LogP contribution is 2.40. The number of hydrogen-bond acceptors (Lipinski definition) is 4. The van der Waals surface area contributed by atoms with Gasteiger partial charge in [-0.15, -0.1) is 0 Å². The molecule has 5 fully saturated rings. The summed E-state index contributed by atoms with van der Waals surface area (Å²) in [4.78, 5) is 49.6. The second kappa shape index (κ2) is 8.34. The van der Waals surface area contributed by atoms with Gasteiger partial charge >= 0.3 is 0 Å². The van der Waals surface area contributed by atoms with Gasteiger partial charge < -0.3 is 21.3 Å². The minimum Gasteiger partial charge on any atom is -0.351 e.